The molecule has 0 saturated carbocycles. The second-order valence-electron chi connectivity index (χ2n) is 10.1. The van der Waals surface area contributed by atoms with Crippen molar-refractivity contribution in [3.8, 4) is 22.8 Å². The van der Waals surface area contributed by atoms with Crippen LogP contribution in [0, 0.1) is 6.92 Å². The van der Waals surface area contributed by atoms with Crippen LogP contribution in [0.5, 0.6) is 11.5 Å². The van der Waals surface area contributed by atoms with Gasteiger partial charge in [0, 0.05) is 31.4 Å². The molecule has 0 aliphatic carbocycles. The summed E-state index contributed by atoms with van der Waals surface area (Å²) in [5.41, 5.74) is 2.72. The monoisotopic (exact) mass is 635 g/mol. The van der Waals surface area contributed by atoms with Gasteiger partial charge in [-0.05, 0) is 36.8 Å². The number of nitrogens with zero attached hydrogens (tertiary/aromatic N) is 5. The Kier molecular flexibility index (Phi) is 8.06. The largest absolute Gasteiger partial charge is 0.493 e. The van der Waals surface area contributed by atoms with E-state index in [1.165, 1.54) is 18.2 Å². The maximum Gasteiger partial charge on any atom is 0.282 e. The number of hydrogen-bond acceptors (Lipinski definition) is 10. The standard InChI is InChI=1S/C30H27ClFN7O4S/c1-16-5-4-6-20(31)25(16)36-28(40)24-13-34-30(44-24)37-26-22(42-3)8-7-21(35-26)18-11-23-27(33-12-18)39-10-9-38(29(41)17(2)32)14-19(39)15-43-23/h4-8,11-13,19H,2,9-10,14-15H2,1,3H3,(H,36,40)(H,34,35,37)/t19-/m0/s1. The number of benzene rings is 1. The Morgan fingerprint density at radius 1 is 1.20 bits per heavy atom. The smallest absolute Gasteiger partial charge is 0.282 e. The van der Waals surface area contributed by atoms with E-state index in [4.69, 9.17) is 26.1 Å². The van der Waals surface area contributed by atoms with Crippen LogP contribution in [0.2, 0.25) is 5.02 Å². The van der Waals surface area contributed by atoms with E-state index in [0.29, 0.717) is 81.4 Å². The van der Waals surface area contributed by atoms with Gasteiger partial charge in [0.05, 0.1) is 35.8 Å². The third kappa shape index (κ3) is 5.75. The van der Waals surface area contributed by atoms with Gasteiger partial charge in [-0.3, -0.25) is 9.59 Å². The first-order chi connectivity index (χ1) is 21.2. The van der Waals surface area contributed by atoms with Crippen LogP contribution in [-0.4, -0.2) is 71.1 Å². The first-order valence-electron chi connectivity index (χ1n) is 13.6. The Morgan fingerprint density at radius 3 is 2.82 bits per heavy atom. The first-order valence-corrected chi connectivity index (χ1v) is 14.8. The molecule has 1 atom stereocenters. The third-order valence-electron chi connectivity index (χ3n) is 7.33. The SMILES string of the molecule is C=C(F)C(=O)N1CCN2c3ncc(-c4ccc(OC)c(Nc5ncc(C(=O)Nc6c(C)cccc6Cl)s5)n4)cc3OC[C@@H]2C1. The number of para-hydroxylation sites is 1. The van der Waals surface area contributed by atoms with Crippen molar-refractivity contribution in [1.29, 1.82) is 0 Å². The zero-order valence-electron chi connectivity index (χ0n) is 23.8. The molecule has 0 unspecified atom stereocenters. The van der Waals surface area contributed by atoms with Gasteiger partial charge < -0.3 is 29.9 Å². The Hall–Kier alpha value is -4.75. The van der Waals surface area contributed by atoms with Crippen LogP contribution in [-0.2, 0) is 4.79 Å². The molecule has 1 fully saturated rings. The average Bonchev–Trinajstić information content (AvgIpc) is 3.50. The minimum atomic E-state index is -0.969. The number of nitrogens with one attached hydrogen (secondary N) is 2. The summed E-state index contributed by atoms with van der Waals surface area (Å²) in [7, 11) is 1.54. The molecule has 11 nitrogen and oxygen atoms in total. The van der Waals surface area contributed by atoms with Crippen molar-refractivity contribution in [2.75, 3.05) is 48.9 Å². The molecular weight excluding hydrogens is 609 g/mol. The van der Waals surface area contributed by atoms with Gasteiger partial charge in [0.15, 0.2) is 34.1 Å². The summed E-state index contributed by atoms with van der Waals surface area (Å²) in [5.74, 6) is 0.135. The Morgan fingerprint density at radius 2 is 2.05 bits per heavy atom. The van der Waals surface area contributed by atoms with Gasteiger partial charge in [0.2, 0.25) is 0 Å². The minimum absolute atomic E-state index is 0.146. The number of aryl methyl sites for hydroxylation is 1. The molecule has 2 aliphatic rings. The number of carbonyl (C=O) groups is 2. The lowest BCUT2D eigenvalue weighted by Gasteiger charge is -2.44. The molecule has 5 heterocycles. The van der Waals surface area contributed by atoms with Crippen LogP contribution in [0.25, 0.3) is 11.3 Å². The molecule has 6 rings (SSSR count). The maximum absolute atomic E-state index is 13.4. The summed E-state index contributed by atoms with van der Waals surface area (Å²) in [6, 6.07) is 10.7. The van der Waals surface area contributed by atoms with Crippen molar-refractivity contribution in [2.24, 2.45) is 0 Å². The van der Waals surface area contributed by atoms with E-state index in [2.05, 4.69) is 32.1 Å². The molecule has 2 aliphatic heterocycles. The first kappa shape index (κ1) is 29.3. The second kappa shape index (κ2) is 12.1. The van der Waals surface area contributed by atoms with Gasteiger partial charge in [0.25, 0.3) is 11.8 Å². The van der Waals surface area contributed by atoms with Crippen molar-refractivity contribution >= 4 is 57.2 Å². The van der Waals surface area contributed by atoms with Crippen LogP contribution >= 0.6 is 22.9 Å². The highest BCUT2D eigenvalue weighted by atomic mass is 35.5. The molecule has 1 saturated heterocycles. The van der Waals surface area contributed by atoms with Gasteiger partial charge in [-0.25, -0.2) is 19.3 Å². The Bertz CT molecular complexity index is 1760. The van der Waals surface area contributed by atoms with Gasteiger partial charge in [-0.2, -0.15) is 0 Å². The van der Waals surface area contributed by atoms with Gasteiger partial charge in [0.1, 0.15) is 11.5 Å². The summed E-state index contributed by atoms with van der Waals surface area (Å²) < 4.78 is 24.9. The highest BCUT2D eigenvalue weighted by molar-refractivity contribution is 7.17. The highest BCUT2D eigenvalue weighted by Crippen LogP contribution is 2.38. The van der Waals surface area contributed by atoms with E-state index < -0.39 is 11.7 Å². The fourth-order valence-corrected chi connectivity index (χ4v) is 6.06. The van der Waals surface area contributed by atoms with E-state index in [-0.39, 0.29) is 11.9 Å². The van der Waals surface area contributed by atoms with E-state index in [0.717, 1.165) is 16.9 Å². The minimum Gasteiger partial charge on any atom is -0.493 e. The lowest BCUT2D eigenvalue weighted by atomic mass is 10.1. The lowest BCUT2D eigenvalue weighted by molar-refractivity contribution is -0.129. The summed E-state index contributed by atoms with van der Waals surface area (Å²) in [6.07, 6.45) is 3.18. The number of carbonyl (C=O) groups excluding carboxylic acids is 2. The third-order valence-corrected chi connectivity index (χ3v) is 8.55. The molecule has 0 spiro atoms. The van der Waals surface area contributed by atoms with Crippen LogP contribution in [0.1, 0.15) is 15.2 Å². The number of rotatable bonds is 7. The molecule has 2 N–H and O–H groups in total. The summed E-state index contributed by atoms with van der Waals surface area (Å²) in [4.78, 5) is 42.6. The Labute approximate surface area is 261 Å². The van der Waals surface area contributed by atoms with Gasteiger partial charge in [-0.15, -0.1) is 0 Å². The summed E-state index contributed by atoms with van der Waals surface area (Å²) >= 11 is 7.42. The maximum atomic E-state index is 13.4. The number of aromatic nitrogens is 3. The molecule has 3 aromatic heterocycles. The fourth-order valence-electron chi connectivity index (χ4n) is 5.08. The summed E-state index contributed by atoms with van der Waals surface area (Å²) in [6.45, 7) is 6.47. The van der Waals surface area contributed by atoms with Gasteiger partial charge in [-0.1, -0.05) is 41.6 Å². The predicted octanol–water partition coefficient (Wildman–Crippen LogP) is 5.46. The highest BCUT2D eigenvalue weighted by Gasteiger charge is 2.36. The zero-order valence-corrected chi connectivity index (χ0v) is 25.3. The number of fused-ring (bicyclic) bond motifs is 3. The molecule has 4 aromatic rings. The average molecular weight is 636 g/mol. The normalized spacial score (nSPS) is 15.5. The quantitative estimate of drug-likeness (QED) is 0.255. The molecule has 44 heavy (non-hydrogen) atoms. The lowest BCUT2D eigenvalue weighted by Crippen LogP contribution is -2.58. The predicted molar refractivity (Wildman–Crippen MR) is 167 cm³/mol. The van der Waals surface area contributed by atoms with E-state index in [1.54, 1.807) is 24.4 Å². The van der Waals surface area contributed by atoms with Crippen molar-refractivity contribution in [1.82, 2.24) is 19.9 Å². The van der Waals surface area contributed by atoms with Crippen LogP contribution in [0.15, 0.2) is 61.2 Å². The number of methoxy groups -OCH3 is 1. The number of amides is 2. The summed E-state index contributed by atoms with van der Waals surface area (Å²) in [5, 5.41) is 6.91. The van der Waals surface area contributed by atoms with Gasteiger partial charge >= 0.3 is 0 Å². The van der Waals surface area contributed by atoms with Crippen LogP contribution < -0.4 is 25.0 Å². The second-order valence-corrected chi connectivity index (χ2v) is 11.6. The topological polar surface area (TPSA) is 122 Å². The fraction of sp³-hybridized carbons (Fsp3) is 0.233. The van der Waals surface area contributed by atoms with E-state index >= 15 is 0 Å². The van der Waals surface area contributed by atoms with E-state index in [1.807, 2.05) is 25.1 Å². The number of hydrogen-bond donors (Lipinski definition) is 2. The van der Waals surface area contributed by atoms with E-state index in [9.17, 15) is 14.0 Å². The molecule has 0 radical (unpaired) electrons. The number of halogens is 2. The molecule has 0 bridgehead atoms. The zero-order chi connectivity index (χ0) is 31.0. The molecular formula is C30H27ClFN7O4S. The van der Waals surface area contributed by atoms with Crippen LogP contribution in [0.4, 0.5) is 26.8 Å². The number of thiazole rings is 1. The number of piperazine rings is 1. The van der Waals surface area contributed by atoms with Crippen LogP contribution in [0.3, 0.4) is 0 Å². The van der Waals surface area contributed by atoms with Crippen molar-refractivity contribution < 1.29 is 23.5 Å². The van der Waals surface area contributed by atoms with Crippen molar-refractivity contribution in [3.05, 3.63) is 76.7 Å². The number of anilines is 4. The van der Waals surface area contributed by atoms with Crippen molar-refractivity contribution in [2.45, 2.75) is 13.0 Å². The number of pyridine rings is 2. The molecule has 1 aromatic carbocycles. The number of ether oxygens (including phenoxy) is 2. The molecule has 2 amide bonds. The molecule has 226 valence electrons. The van der Waals surface area contributed by atoms with Crippen molar-refractivity contribution in [3.63, 3.8) is 0 Å². The Balaban J connectivity index is 1.19. The molecule has 14 heteroatoms.